The Hall–Kier alpha value is -1.88. The van der Waals surface area contributed by atoms with E-state index >= 15 is 0 Å². The van der Waals surface area contributed by atoms with Crippen LogP contribution >= 0.6 is 0 Å². The summed E-state index contributed by atoms with van der Waals surface area (Å²) in [5, 5.41) is 2.96. The zero-order valence-corrected chi connectivity index (χ0v) is 15.9. The summed E-state index contributed by atoms with van der Waals surface area (Å²) in [6.07, 6.45) is 1.81. The number of hydrogen-bond acceptors (Lipinski definition) is 3. The van der Waals surface area contributed by atoms with Crippen molar-refractivity contribution in [3.05, 3.63) is 29.8 Å². The Balaban J connectivity index is 1.86. The molecule has 1 heterocycles. The number of ether oxygens (including phenoxy) is 1. The molecular formula is C20H31N2O3+. The normalized spacial score (nSPS) is 20.8. The number of esters is 1. The first-order chi connectivity index (χ1) is 11.8. The summed E-state index contributed by atoms with van der Waals surface area (Å²) in [6.45, 7) is 10.7. The van der Waals surface area contributed by atoms with Crippen molar-refractivity contribution >= 4 is 17.6 Å². The van der Waals surface area contributed by atoms with Crippen LogP contribution in [0.1, 0.15) is 46.1 Å². The Kier molecular flexibility index (Phi) is 6.59. The van der Waals surface area contributed by atoms with Crippen LogP contribution in [0.2, 0.25) is 0 Å². The van der Waals surface area contributed by atoms with Crippen LogP contribution in [0.4, 0.5) is 5.69 Å². The fourth-order valence-electron chi connectivity index (χ4n) is 3.26. The quantitative estimate of drug-likeness (QED) is 0.798. The Morgan fingerprint density at radius 2 is 1.92 bits per heavy atom. The van der Waals surface area contributed by atoms with Gasteiger partial charge in [-0.25, -0.2) is 0 Å². The molecule has 138 valence electrons. The fourth-order valence-corrected chi connectivity index (χ4v) is 3.26. The molecule has 2 atom stereocenters. The van der Waals surface area contributed by atoms with E-state index in [0.29, 0.717) is 19.7 Å². The van der Waals surface area contributed by atoms with Crippen molar-refractivity contribution < 1.29 is 19.2 Å². The molecule has 25 heavy (non-hydrogen) atoms. The van der Waals surface area contributed by atoms with E-state index in [4.69, 9.17) is 4.74 Å². The molecule has 1 amide bonds. The van der Waals surface area contributed by atoms with Gasteiger partial charge < -0.3 is 15.0 Å². The van der Waals surface area contributed by atoms with Crippen molar-refractivity contribution in [1.29, 1.82) is 0 Å². The van der Waals surface area contributed by atoms with Gasteiger partial charge in [0.1, 0.15) is 5.92 Å². The van der Waals surface area contributed by atoms with Crippen molar-refractivity contribution in [2.45, 2.75) is 46.0 Å². The maximum Gasteiger partial charge on any atom is 0.314 e. The highest BCUT2D eigenvalue weighted by Gasteiger charge is 2.30. The lowest BCUT2D eigenvalue weighted by Gasteiger charge is -2.28. The molecule has 1 unspecified atom stereocenters. The minimum absolute atomic E-state index is 0.0111. The summed E-state index contributed by atoms with van der Waals surface area (Å²) >= 11 is 0. The summed E-state index contributed by atoms with van der Waals surface area (Å²) in [4.78, 5) is 25.4. The van der Waals surface area contributed by atoms with Gasteiger partial charge in [0, 0.05) is 5.69 Å². The van der Waals surface area contributed by atoms with Gasteiger partial charge in [-0.2, -0.15) is 0 Å². The number of piperidine rings is 1. The molecule has 0 saturated carbocycles. The lowest BCUT2D eigenvalue weighted by Crippen LogP contribution is -3.14. The number of quaternary nitrogens is 1. The van der Waals surface area contributed by atoms with Gasteiger partial charge >= 0.3 is 5.97 Å². The van der Waals surface area contributed by atoms with Crippen LogP contribution in [-0.2, 0) is 19.7 Å². The Labute approximate surface area is 150 Å². The number of carbonyl (C=O) groups excluding carboxylic acids is 2. The molecular weight excluding hydrogens is 316 g/mol. The van der Waals surface area contributed by atoms with E-state index in [9.17, 15) is 9.59 Å². The first-order valence-electron chi connectivity index (χ1n) is 9.20. The summed E-state index contributed by atoms with van der Waals surface area (Å²) in [6, 6.07) is 8.01. The number of benzene rings is 1. The van der Waals surface area contributed by atoms with Crippen molar-refractivity contribution in [2.24, 2.45) is 5.92 Å². The number of nitrogens with one attached hydrogen (secondary N) is 2. The zero-order chi connectivity index (χ0) is 18.4. The highest BCUT2D eigenvalue weighted by molar-refractivity contribution is 5.91. The van der Waals surface area contributed by atoms with Crippen LogP contribution in [-0.4, -0.2) is 38.1 Å². The van der Waals surface area contributed by atoms with E-state index in [1.54, 1.807) is 0 Å². The van der Waals surface area contributed by atoms with Crippen molar-refractivity contribution in [1.82, 2.24) is 0 Å². The SMILES string of the molecule is CCOC(=O)[C@@H]1CCC[NH+](CC(=O)Nc2ccc(C(C)(C)C)cc2)C1. The number of anilines is 1. The summed E-state index contributed by atoms with van der Waals surface area (Å²) in [5.41, 5.74) is 2.16. The highest BCUT2D eigenvalue weighted by Crippen LogP contribution is 2.23. The molecule has 0 aliphatic carbocycles. The van der Waals surface area contributed by atoms with Gasteiger partial charge in [-0.05, 0) is 42.9 Å². The van der Waals surface area contributed by atoms with Gasteiger partial charge in [-0.3, -0.25) is 9.59 Å². The average Bonchev–Trinajstić information content (AvgIpc) is 2.55. The third-order valence-electron chi connectivity index (χ3n) is 4.68. The van der Waals surface area contributed by atoms with Gasteiger partial charge in [-0.1, -0.05) is 32.9 Å². The molecule has 5 heteroatoms. The van der Waals surface area contributed by atoms with E-state index < -0.39 is 0 Å². The van der Waals surface area contributed by atoms with Crippen LogP contribution in [0, 0.1) is 5.92 Å². The molecule has 2 N–H and O–H groups in total. The number of carbonyl (C=O) groups is 2. The average molecular weight is 347 g/mol. The third-order valence-corrected chi connectivity index (χ3v) is 4.68. The minimum atomic E-state index is -0.127. The second kappa shape index (κ2) is 8.48. The zero-order valence-electron chi connectivity index (χ0n) is 15.9. The van der Waals surface area contributed by atoms with E-state index in [2.05, 4.69) is 38.2 Å². The van der Waals surface area contributed by atoms with Crippen LogP contribution < -0.4 is 10.2 Å². The second-order valence-electron chi connectivity index (χ2n) is 7.85. The molecule has 0 aromatic heterocycles. The molecule has 1 saturated heterocycles. The van der Waals surface area contributed by atoms with Gasteiger partial charge in [-0.15, -0.1) is 0 Å². The summed E-state index contributed by atoms with van der Waals surface area (Å²) in [5.74, 6) is -0.219. The highest BCUT2D eigenvalue weighted by atomic mass is 16.5. The monoisotopic (exact) mass is 347 g/mol. The number of amides is 1. The lowest BCUT2D eigenvalue weighted by molar-refractivity contribution is -0.899. The van der Waals surface area contributed by atoms with E-state index in [1.807, 2.05) is 19.1 Å². The Morgan fingerprint density at radius 3 is 2.52 bits per heavy atom. The summed E-state index contributed by atoms with van der Waals surface area (Å²) < 4.78 is 5.12. The molecule has 0 bridgehead atoms. The molecule has 1 aliphatic heterocycles. The van der Waals surface area contributed by atoms with Gasteiger partial charge in [0.15, 0.2) is 6.54 Å². The predicted molar refractivity (Wildman–Crippen MR) is 98.7 cm³/mol. The Morgan fingerprint density at radius 1 is 1.24 bits per heavy atom. The molecule has 5 nitrogen and oxygen atoms in total. The molecule has 2 rings (SSSR count). The lowest BCUT2D eigenvalue weighted by atomic mass is 9.87. The number of rotatable bonds is 5. The third kappa shape index (κ3) is 5.85. The fraction of sp³-hybridized carbons (Fsp3) is 0.600. The van der Waals surface area contributed by atoms with Gasteiger partial charge in [0.05, 0.1) is 19.7 Å². The first-order valence-corrected chi connectivity index (χ1v) is 9.20. The molecule has 1 aromatic rings. The predicted octanol–water partition coefficient (Wildman–Crippen LogP) is 1.78. The molecule has 0 radical (unpaired) electrons. The Bertz CT molecular complexity index is 590. The summed E-state index contributed by atoms with van der Waals surface area (Å²) in [7, 11) is 0. The smallest absolute Gasteiger partial charge is 0.314 e. The maximum atomic E-state index is 12.3. The van der Waals surface area contributed by atoms with Crippen LogP contribution in [0.3, 0.4) is 0 Å². The van der Waals surface area contributed by atoms with Gasteiger partial charge in [0.2, 0.25) is 0 Å². The number of likely N-dealkylation sites (tertiary alicyclic amines) is 1. The van der Waals surface area contributed by atoms with Crippen LogP contribution in [0.15, 0.2) is 24.3 Å². The molecule has 1 aliphatic rings. The van der Waals surface area contributed by atoms with Gasteiger partial charge in [0.25, 0.3) is 5.91 Å². The van der Waals surface area contributed by atoms with E-state index in [1.165, 1.54) is 5.56 Å². The second-order valence-corrected chi connectivity index (χ2v) is 7.85. The number of hydrogen-bond donors (Lipinski definition) is 2. The van der Waals surface area contributed by atoms with E-state index in [0.717, 1.165) is 30.0 Å². The van der Waals surface area contributed by atoms with Crippen molar-refractivity contribution in [2.75, 3.05) is 31.6 Å². The van der Waals surface area contributed by atoms with Crippen molar-refractivity contribution in [3.63, 3.8) is 0 Å². The molecule has 0 spiro atoms. The topological polar surface area (TPSA) is 59.8 Å². The van der Waals surface area contributed by atoms with E-state index in [-0.39, 0.29) is 23.2 Å². The van der Waals surface area contributed by atoms with Crippen LogP contribution in [0.25, 0.3) is 0 Å². The largest absolute Gasteiger partial charge is 0.466 e. The van der Waals surface area contributed by atoms with Crippen LogP contribution in [0.5, 0.6) is 0 Å². The standard InChI is InChI=1S/C20H30N2O3/c1-5-25-19(24)15-7-6-12-22(13-15)14-18(23)21-17-10-8-16(9-11-17)20(2,3)4/h8-11,15H,5-7,12-14H2,1-4H3,(H,21,23)/p+1/t15-/m1/s1. The first kappa shape index (κ1) is 19.4. The van der Waals surface area contributed by atoms with Crippen molar-refractivity contribution in [3.8, 4) is 0 Å². The molecule has 1 aromatic carbocycles. The molecule has 1 fully saturated rings. The maximum absolute atomic E-state index is 12.3. The minimum Gasteiger partial charge on any atom is -0.466 e.